The lowest BCUT2D eigenvalue weighted by molar-refractivity contribution is -0.139. The number of urea groups is 1. The minimum Gasteiger partial charge on any atom is -0.480 e. The van der Waals surface area contributed by atoms with Crippen LogP contribution in [0.25, 0.3) is 0 Å². The minimum atomic E-state index is -1.22. The van der Waals surface area contributed by atoms with Gasteiger partial charge in [0.1, 0.15) is 6.04 Å². The number of carbonyl (C=O) groups excluding carboxylic acids is 2. The smallest absolute Gasteiger partial charge is 0.326 e. The van der Waals surface area contributed by atoms with Crippen molar-refractivity contribution in [3.05, 3.63) is 18.0 Å². The fourth-order valence-electron chi connectivity index (χ4n) is 1.48. The van der Waals surface area contributed by atoms with Gasteiger partial charge in [0.2, 0.25) is 5.91 Å². The molecule has 0 saturated heterocycles. The molecular formula is C11H17N5O4. The molecule has 1 atom stereocenters. The summed E-state index contributed by atoms with van der Waals surface area (Å²) in [5.41, 5.74) is 5.58. The predicted molar refractivity (Wildman–Crippen MR) is 68.4 cm³/mol. The number of aliphatic carboxylic acids is 1. The Bertz CT molecular complexity index is 499. The molecule has 0 bridgehead atoms. The van der Waals surface area contributed by atoms with Crippen LogP contribution in [0.15, 0.2) is 12.3 Å². The second-order valence-corrected chi connectivity index (χ2v) is 4.20. The topological polar surface area (TPSA) is 139 Å². The molecule has 0 fully saturated rings. The maximum absolute atomic E-state index is 11.5. The molecule has 1 unspecified atom stereocenters. The van der Waals surface area contributed by atoms with Gasteiger partial charge in [-0.1, -0.05) is 0 Å². The first-order valence-electron chi connectivity index (χ1n) is 5.92. The number of nitrogens with two attached hydrogens (primary N) is 1. The van der Waals surface area contributed by atoms with Crippen LogP contribution in [0, 0.1) is 0 Å². The van der Waals surface area contributed by atoms with Gasteiger partial charge in [-0.25, -0.2) is 9.59 Å². The van der Waals surface area contributed by atoms with E-state index in [4.69, 9.17) is 10.8 Å². The monoisotopic (exact) mass is 283 g/mol. The normalized spacial score (nSPS) is 11.7. The van der Waals surface area contributed by atoms with Gasteiger partial charge >= 0.3 is 12.0 Å². The predicted octanol–water partition coefficient (Wildman–Crippen LogP) is -1.06. The molecule has 5 N–H and O–H groups in total. The maximum Gasteiger partial charge on any atom is 0.326 e. The van der Waals surface area contributed by atoms with Crippen LogP contribution in [-0.4, -0.2) is 38.8 Å². The number of aryl methyl sites for hydroxylation is 1. The van der Waals surface area contributed by atoms with Gasteiger partial charge in [0.15, 0.2) is 0 Å². The highest BCUT2D eigenvalue weighted by Crippen LogP contribution is 1.98. The number of carbonyl (C=O) groups is 3. The van der Waals surface area contributed by atoms with Crippen molar-refractivity contribution in [1.82, 2.24) is 20.4 Å². The van der Waals surface area contributed by atoms with Gasteiger partial charge in [0.25, 0.3) is 0 Å². The average Bonchev–Trinajstić information content (AvgIpc) is 2.77. The van der Waals surface area contributed by atoms with E-state index in [1.54, 1.807) is 24.0 Å². The van der Waals surface area contributed by atoms with Crippen molar-refractivity contribution in [3.8, 4) is 0 Å². The van der Waals surface area contributed by atoms with Gasteiger partial charge < -0.3 is 21.5 Å². The third kappa shape index (κ3) is 5.38. The van der Waals surface area contributed by atoms with Gasteiger partial charge in [-0.3, -0.25) is 9.48 Å². The van der Waals surface area contributed by atoms with Crippen LogP contribution in [0.5, 0.6) is 0 Å². The van der Waals surface area contributed by atoms with Gasteiger partial charge in [-0.2, -0.15) is 5.10 Å². The number of carboxylic acid groups (broad SMARTS) is 1. The molecule has 0 spiro atoms. The summed E-state index contributed by atoms with van der Waals surface area (Å²) in [7, 11) is 1.74. The molecule has 1 aromatic heterocycles. The summed E-state index contributed by atoms with van der Waals surface area (Å²) in [6.45, 7) is 0.175. The van der Waals surface area contributed by atoms with Gasteiger partial charge in [0.05, 0.1) is 12.2 Å². The Balaban J connectivity index is 2.41. The standard InChI is InChI=1S/C11H17N5O4/c1-16-5-4-7(15-16)6-13-11(20)14-8(10(18)19)2-3-9(12)17/h4-5,8H,2-3,6H2,1H3,(H2,12,17)(H,18,19)(H2,13,14,20). The molecule has 1 rings (SSSR count). The number of primary amides is 1. The maximum atomic E-state index is 11.5. The van der Waals surface area contributed by atoms with Crippen LogP contribution in [0.1, 0.15) is 18.5 Å². The molecule has 9 nitrogen and oxygen atoms in total. The van der Waals surface area contributed by atoms with E-state index in [0.29, 0.717) is 5.69 Å². The molecule has 1 heterocycles. The van der Waals surface area contributed by atoms with E-state index in [9.17, 15) is 14.4 Å². The fourth-order valence-corrected chi connectivity index (χ4v) is 1.48. The summed E-state index contributed by atoms with van der Waals surface area (Å²) in [6, 6.07) is -0.0825. The summed E-state index contributed by atoms with van der Waals surface area (Å²) in [4.78, 5) is 33.1. The number of carboxylic acids is 1. The number of nitrogens with one attached hydrogen (secondary N) is 2. The molecule has 0 aliphatic rings. The summed E-state index contributed by atoms with van der Waals surface area (Å²) in [5.74, 6) is -1.84. The highest BCUT2D eigenvalue weighted by atomic mass is 16.4. The number of nitrogens with zero attached hydrogens (tertiary/aromatic N) is 2. The molecule has 3 amide bonds. The Labute approximate surface area is 115 Å². The van der Waals surface area contributed by atoms with Crippen molar-refractivity contribution in [1.29, 1.82) is 0 Å². The Morgan fingerprint density at radius 2 is 2.20 bits per heavy atom. The first kappa shape index (κ1) is 15.5. The zero-order valence-corrected chi connectivity index (χ0v) is 11.0. The summed E-state index contributed by atoms with van der Waals surface area (Å²) in [5, 5.41) is 17.7. The highest BCUT2D eigenvalue weighted by Gasteiger charge is 2.20. The third-order valence-corrected chi connectivity index (χ3v) is 2.48. The van der Waals surface area contributed by atoms with Gasteiger partial charge in [0, 0.05) is 19.7 Å². The molecule has 110 valence electrons. The quantitative estimate of drug-likeness (QED) is 0.505. The molecular weight excluding hydrogens is 266 g/mol. The highest BCUT2D eigenvalue weighted by molar-refractivity contribution is 5.83. The Morgan fingerprint density at radius 3 is 2.70 bits per heavy atom. The second kappa shape index (κ2) is 7.12. The first-order chi connectivity index (χ1) is 9.38. The third-order valence-electron chi connectivity index (χ3n) is 2.48. The lowest BCUT2D eigenvalue weighted by atomic mass is 10.1. The summed E-state index contributed by atoms with van der Waals surface area (Å²) < 4.78 is 1.59. The van der Waals surface area contributed by atoms with Crippen LogP contribution in [0.3, 0.4) is 0 Å². The largest absolute Gasteiger partial charge is 0.480 e. The fraction of sp³-hybridized carbons (Fsp3) is 0.455. The van der Waals surface area contributed by atoms with Gasteiger partial charge in [-0.15, -0.1) is 0 Å². The molecule has 0 saturated carbocycles. The lowest BCUT2D eigenvalue weighted by Crippen LogP contribution is -2.46. The molecule has 9 heteroatoms. The van der Waals surface area contributed by atoms with Crippen molar-refractivity contribution >= 4 is 17.9 Å². The zero-order chi connectivity index (χ0) is 15.1. The number of amides is 3. The van der Waals surface area contributed by atoms with Crippen molar-refractivity contribution in [3.63, 3.8) is 0 Å². The molecule has 0 radical (unpaired) electrons. The van der Waals surface area contributed by atoms with E-state index in [2.05, 4.69) is 15.7 Å². The summed E-state index contributed by atoms with van der Waals surface area (Å²) in [6.07, 6.45) is 1.56. The average molecular weight is 283 g/mol. The Kier molecular flexibility index (Phi) is 5.51. The van der Waals surface area contributed by atoms with E-state index >= 15 is 0 Å². The first-order valence-corrected chi connectivity index (χ1v) is 5.92. The number of aromatic nitrogens is 2. The molecule has 0 aliphatic heterocycles. The van der Waals surface area contributed by atoms with E-state index in [1.165, 1.54) is 0 Å². The van der Waals surface area contributed by atoms with Crippen LogP contribution in [0.2, 0.25) is 0 Å². The van der Waals surface area contributed by atoms with Crippen molar-refractivity contribution in [2.24, 2.45) is 12.8 Å². The second-order valence-electron chi connectivity index (χ2n) is 4.20. The van der Waals surface area contributed by atoms with Crippen molar-refractivity contribution in [2.45, 2.75) is 25.4 Å². The molecule has 20 heavy (non-hydrogen) atoms. The van der Waals surface area contributed by atoms with E-state index < -0.39 is 23.9 Å². The van der Waals surface area contributed by atoms with Crippen LogP contribution < -0.4 is 16.4 Å². The minimum absolute atomic E-state index is 0.0539. The SMILES string of the molecule is Cn1ccc(CNC(=O)NC(CCC(N)=O)C(=O)O)n1. The Hall–Kier alpha value is -2.58. The summed E-state index contributed by atoms with van der Waals surface area (Å²) >= 11 is 0. The lowest BCUT2D eigenvalue weighted by Gasteiger charge is -2.14. The van der Waals surface area contributed by atoms with Crippen LogP contribution in [0.4, 0.5) is 4.79 Å². The van der Waals surface area contributed by atoms with Crippen molar-refractivity contribution < 1.29 is 19.5 Å². The van der Waals surface area contributed by atoms with E-state index in [1.807, 2.05) is 0 Å². The zero-order valence-electron chi connectivity index (χ0n) is 11.0. The number of hydrogen-bond acceptors (Lipinski definition) is 4. The number of hydrogen-bond donors (Lipinski definition) is 4. The van der Waals surface area contributed by atoms with Gasteiger partial charge in [-0.05, 0) is 12.5 Å². The molecule has 0 aromatic carbocycles. The van der Waals surface area contributed by atoms with E-state index in [-0.39, 0.29) is 19.4 Å². The Morgan fingerprint density at radius 1 is 1.50 bits per heavy atom. The van der Waals surface area contributed by atoms with Crippen molar-refractivity contribution in [2.75, 3.05) is 0 Å². The number of rotatable bonds is 7. The van der Waals surface area contributed by atoms with Crippen LogP contribution in [-0.2, 0) is 23.2 Å². The van der Waals surface area contributed by atoms with Crippen LogP contribution >= 0.6 is 0 Å². The molecule has 0 aliphatic carbocycles. The molecule has 1 aromatic rings. The van der Waals surface area contributed by atoms with E-state index in [0.717, 1.165) is 0 Å².